The van der Waals surface area contributed by atoms with Crippen LogP contribution >= 0.6 is 0 Å². The Bertz CT molecular complexity index is 1070. The third-order valence-electron chi connectivity index (χ3n) is 5.58. The molecule has 2 N–H and O–H groups in total. The number of anilines is 2. The second kappa shape index (κ2) is 9.36. The van der Waals surface area contributed by atoms with E-state index in [4.69, 9.17) is 0 Å². The van der Waals surface area contributed by atoms with Gasteiger partial charge in [-0.1, -0.05) is 35.4 Å². The molecule has 12 heteroatoms. The molecule has 0 heterocycles. The van der Waals surface area contributed by atoms with Gasteiger partial charge in [0.25, 0.3) is 0 Å². The van der Waals surface area contributed by atoms with Crippen LogP contribution in [-0.4, -0.2) is 35.5 Å². The smallest absolute Gasteiger partial charge is 0.320 e. The van der Waals surface area contributed by atoms with Gasteiger partial charge in [0.15, 0.2) is 0 Å². The van der Waals surface area contributed by atoms with E-state index in [-0.39, 0.29) is 33.6 Å². The van der Waals surface area contributed by atoms with Gasteiger partial charge in [-0.3, -0.25) is 9.59 Å². The summed E-state index contributed by atoms with van der Waals surface area (Å²) in [5.41, 5.74) is 1.05. The number of halogens is 8. The molecule has 2 amide bonds. The molecule has 0 radical (unpaired) electrons. The standard InChI is InChI=1S/C24H24F8N2O2/c1-11-7-13(3)17(14(4)8-11)33-19(35)21(25,26)23(29,30)24(31,32)22(27,28)20(36)34-18-15(5)9-12(2)10-16(18)6/h7-10H,1-6H3,(H,33,35)(H,34,36). The molecule has 0 unspecified atom stereocenters. The van der Waals surface area contributed by atoms with Gasteiger partial charge in [0.1, 0.15) is 0 Å². The Morgan fingerprint density at radius 3 is 0.972 bits per heavy atom. The molecule has 0 fully saturated rings. The number of carbonyl (C=O) groups is 2. The fourth-order valence-electron chi connectivity index (χ4n) is 3.82. The molecule has 0 spiro atoms. The molecule has 0 aliphatic rings. The molecule has 2 aromatic rings. The lowest BCUT2D eigenvalue weighted by Crippen LogP contribution is -2.67. The lowest BCUT2D eigenvalue weighted by molar-refractivity contribution is -0.345. The topological polar surface area (TPSA) is 58.2 Å². The zero-order valence-corrected chi connectivity index (χ0v) is 20.1. The molecule has 0 saturated carbocycles. The van der Waals surface area contributed by atoms with Gasteiger partial charge in [0.2, 0.25) is 0 Å². The zero-order valence-electron chi connectivity index (χ0n) is 20.1. The quantitative estimate of drug-likeness (QED) is 0.398. The molecule has 198 valence electrons. The number of nitrogens with one attached hydrogen (secondary N) is 2. The first-order valence-corrected chi connectivity index (χ1v) is 10.5. The van der Waals surface area contributed by atoms with Crippen LogP contribution in [0, 0.1) is 41.5 Å². The molecule has 0 saturated heterocycles. The van der Waals surface area contributed by atoms with Gasteiger partial charge in [0.05, 0.1) is 0 Å². The SMILES string of the molecule is Cc1cc(C)c(NC(=O)C(F)(F)C(F)(F)C(F)(F)C(F)(F)C(=O)Nc2c(C)cc(C)cc2C)c(C)c1. The third-order valence-corrected chi connectivity index (χ3v) is 5.58. The molecule has 0 aliphatic carbocycles. The number of aryl methyl sites for hydroxylation is 6. The second-order valence-corrected chi connectivity index (χ2v) is 8.75. The lowest BCUT2D eigenvalue weighted by atomic mass is 9.96. The van der Waals surface area contributed by atoms with Crippen molar-refractivity contribution in [2.75, 3.05) is 10.6 Å². The maximum Gasteiger partial charge on any atom is 0.393 e. The van der Waals surface area contributed by atoms with Crippen LogP contribution in [0.2, 0.25) is 0 Å². The summed E-state index contributed by atoms with van der Waals surface area (Å²) < 4.78 is 115. The van der Waals surface area contributed by atoms with E-state index in [1.807, 2.05) is 0 Å². The largest absolute Gasteiger partial charge is 0.393 e. The number of carbonyl (C=O) groups excluding carboxylic acids is 2. The molecule has 4 nitrogen and oxygen atoms in total. The van der Waals surface area contributed by atoms with E-state index < -0.39 is 35.5 Å². The average Bonchev–Trinajstić information content (AvgIpc) is 2.72. The van der Waals surface area contributed by atoms with Gasteiger partial charge in [0, 0.05) is 11.4 Å². The highest BCUT2D eigenvalue weighted by atomic mass is 19.4. The van der Waals surface area contributed by atoms with Crippen molar-refractivity contribution in [3.05, 3.63) is 57.6 Å². The van der Waals surface area contributed by atoms with Crippen LogP contribution < -0.4 is 10.6 Å². The van der Waals surface area contributed by atoms with Crippen molar-refractivity contribution in [1.29, 1.82) is 0 Å². The number of hydrogen-bond donors (Lipinski definition) is 2. The number of hydrogen-bond acceptors (Lipinski definition) is 2. The van der Waals surface area contributed by atoms with Crippen molar-refractivity contribution in [3.8, 4) is 0 Å². The molecule has 0 aliphatic heterocycles. The van der Waals surface area contributed by atoms with Gasteiger partial charge in [-0.15, -0.1) is 0 Å². The molecule has 2 rings (SSSR count). The normalized spacial score (nSPS) is 12.9. The average molecular weight is 524 g/mol. The summed E-state index contributed by atoms with van der Waals surface area (Å²) in [7, 11) is 0. The molecule has 36 heavy (non-hydrogen) atoms. The molecular formula is C24H24F8N2O2. The summed E-state index contributed by atoms with van der Waals surface area (Å²) >= 11 is 0. The van der Waals surface area contributed by atoms with Crippen molar-refractivity contribution in [1.82, 2.24) is 0 Å². The zero-order chi connectivity index (χ0) is 28.0. The van der Waals surface area contributed by atoms with Crippen molar-refractivity contribution in [2.45, 2.75) is 65.2 Å². The summed E-state index contributed by atoms with van der Waals surface area (Å²) in [4.78, 5) is 24.0. The fraction of sp³-hybridized carbons (Fsp3) is 0.417. The third kappa shape index (κ3) is 4.77. The minimum Gasteiger partial charge on any atom is -0.320 e. The summed E-state index contributed by atoms with van der Waals surface area (Å²) in [6.07, 6.45) is 0. The van der Waals surface area contributed by atoms with Gasteiger partial charge >= 0.3 is 35.5 Å². The first-order chi connectivity index (χ1) is 16.2. The monoisotopic (exact) mass is 524 g/mol. The Morgan fingerprint density at radius 1 is 0.528 bits per heavy atom. The Balaban J connectivity index is 2.42. The Hall–Kier alpha value is -3.18. The predicted octanol–water partition coefficient (Wildman–Crippen LogP) is 6.66. The maximum absolute atomic E-state index is 14.4. The van der Waals surface area contributed by atoms with Crippen LogP contribution in [0.3, 0.4) is 0 Å². The molecule has 0 aromatic heterocycles. The van der Waals surface area contributed by atoms with Crippen molar-refractivity contribution >= 4 is 23.2 Å². The van der Waals surface area contributed by atoms with Crippen molar-refractivity contribution < 1.29 is 44.7 Å². The molecular weight excluding hydrogens is 500 g/mol. The van der Waals surface area contributed by atoms with Gasteiger partial charge in [-0.2, -0.15) is 35.1 Å². The van der Waals surface area contributed by atoms with Crippen molar-refractivity contribution in [3.63, 3.8) is 0 Å². The molecule has 0 atom stereocenters. The van der Waals surface area contributed by atoms with Crippen LogP contribution in [-0.2, 0) is 9.59 Å². The minimum atomic E-state index is -6.96. The summed E-state index contributed by atoms with van der Waals surface area (Å²) in [5, 5.41) is 2.83. The molecule has 0 bridgehead atoms. The first-order valence-electron chi connectivity index (χ1n) is 10.5. The Morgan fingerprint density at radius 2 is 0.750 bits per heavy atom. The maximum atomic E-state index is 14.4. The predicted molar refractivity (Wildman–Crippen MR) is 118 cm³/mol. The van der Waals surface area contributed by atoms with E-state index in [2.05, 4.69) is 0 Å². The number of alkyl halides is 8. The Kier molecular flexibility index (Phi) is 7.56. The summed E-state index contributed by atoms with van der Waals surface area (Å²) in [6.45, 7) is 8.54. The van der Waals surface area contributed by atoms with E-state index in [1.165, 1.54) is 62.6 Å². The highest BCUT2D eigenvalue weighted by molar-refractivity contribution is 6.00. The van der Waals surface area contributed by atoms with Crippen LogP contribution in [0.5, 0.6) is 0 Å². The summed E-state index contributed by atoms with van der Waals surface area (Å²) in [5.74, 6) is -32.5. The Labute approximate surface area is 202 Å². The van der Waals surface area contributed by atoms with E-state index in [1.54, 1.807) is 13.8 Å². The van der Waals surface area contributed by atoms with E-state index in [9.17, 15) is 44.7 Å². The second-order valence-electron chi connectivity index (χ2n) is 8.75. The highest BCUT2D eigenvalue weighted by Gasteiger charge is 2.84. The molecule has 2 aromatic carbocycles. The number of amides is 2. The van der Waals surface area contributed by atoms with Gasteiger partial charge in [-0.05, 0) is 63.8 Å². The first kappa shape index (κ1) is 29.1. The minimum absolute atomic E-state index is 0.139. The van der Waals surface area contributed by atoms with E-state index in [0.717, 1.165) is 0 Å². The van der Waals surface area contributed by atoms with Crippen LogP contribution in [0.4, 0.5) is 46.5 Å². The highest BCUT2D eigenvalue weighted by Crippen LogP contribution is 2.53. The number of rotatable bonds is 7. The number of benzene rings is 2. The van der Waals surface area contributed by atoms with E-state index >= 15 is 0 Å². The fourth-order valence-corrected chi connectivity index (χ4v) is 3.82. The van der Waals surface area contributed by atoms with E-state index in [0.29, 0.717) is 11.1 Å². The van der Waals surface area contributed by atoms with Gasteiger partial charge in [-0.25, -0.2) is 0 Å². The van der Waals surface area contributed by atoms with Crippen LogP contribution in [0.1, 0.15) is 33.4 Å². The van der Waals surface area contributed by atoms with Crippen LogP contribution in [0.25, 0.3) is 0 Å². The van der Waals surface area contributed by atoms with Crippen LogP contribution in [0.15, 0.2) is 24.3 Å². The summed E-state index contributed by atoms with van der Waals surface area (Å²) in [6, 6.07) is 5.56. The van der Waals surface area contributed by atoms with Crippen molar-refractivity contribution in [2.24, 2.45) is 0 Å². The van der Waals surface area contributed by atoms with Gasteiger partial charge < -0.3 is 10.6 Å². The lowest BCUT2D eigenvalue weighted by Gasteiger charge is -2.35.